The highest BCUT2D eigenvalue weighted by atomic mass is 32.2. The van der Waals surface area contributed by atoms with Crippen LogP contribution in [0.25, 0.3) is 10.8 Å². The molecule has 1 aliphatic rings. The minimum absolute atomic E-state index is 0.00234. The summed E-state index contributed by atoms with van der Waals surface area (Å²) in [6.07, 6.45) is 0.491. The van der Waals surface area contributed by atoms with Gasteiger partial charge in [0.25, 0.3) is 0 Å². The van der Waals surface area contributed by atoms with Gasteiger partial charge >= 0.3 is 5.97 Å². The lowest BCUT2D eigenvalue weighted by Gasteiger charge is -2.34. The quantitative estimate of drug-likeness (QED) is 0.903. The summed E-state index contributed by atoms with van der Waals surface area (Å²) in [6.45, 7) is 2.21. The second-order valence-electron chi connectivity index (χ2n) is 6.51. The van der Waals surface area contributed by atoms with Crippen molar-refractivity contribution in [2.75, 3.05) is 20.2 Å². The molecule has 1 aliphatic heterocycles. The van der Waals surface area contributed by atoms with Crippen LogP contribution in [0.5, 0.6) is 5.75 Å². The third kappa shape index (κ3) is 3.21. The van der Waals surface area contributed by atoms with Gasteiger partial charge in [0.2, 0.25) is 10.0 Å². The maximum Gasteiger partial charge on any atom is 0.307 e. The van der Waals surface area contributed by atoms with Gasteiger partial charge in [-0.2, -0.15) is 4.31 Å². The number of aliphatic carboxylic acids is 1. The van der Waals surface area contributed by atoms with Crippen LogP contribution in [0.15, 0.2) is 41.3 Å². The Hall–Kier alpha value is -2.12. The fraction of sp³-hybridized carbons (Fsp3) is 0.389. The number of sulfonamides is 1. The predicted molar refractivity (Wildman–Crippen MR) is 94.2 cm³/mol. The van der Waals surface area contributed by atoms with E-state index in [1.165, 1.54) is 10.4 Å². The number of hydrogen-bond donors (Lipinski definition) is 1. The van der Waals surface area contributed by atoms with Gasteiger partial charge in [-0.1, -0.05) is 31.2 Å². The molecule has 0 bridgehead atoms. The fourth-order valence-electron chi connectivity index (χ4n) is 3.46. The van der Waals surface area contributed by atoms with E-state index in [1.54, 1.807) is 25.3 Å². The number of ether oxygens (including phenoxy) is 1. The monoisotopic (exact) mass is 363 g/mol. The smallest absolute Gasteiger partial charge is 0.307 e. The van der Waals surface area contributed by atoms with Crippen molar-refractivity contribution in [2.45, 2.75) is 18.2 Å². The predicted octanol–water partition coefficient (Wildman–Crippen LogP) is 2.58. The number of nitrogens with zero attached hydrogens (tertiary/aromatic N) is 1. The molecule has 1 fully saturated rings. The Morgan fingerprint density at radius 1 is 1.16 bits per heavy atom. The van der Waals surface area contributed by atoms with E-state index >= 15 is 0 Å². The van der Waals surface area contributed by atoms with Crippen molar-refractivity contribution in [2.24, 2.45) is 11.8 Å². The van der Waals surface area contributed by atoms with Crippen LogP contribution in [0.4, 0.5) is 0 Å². The maximum absolute atomic E-state index is 13.2. The first-order valence-electron chi connectivity index (χ1n) is 8.13. The molecule has 2 unspecified atom stereocenters. The van der Waals surface area contributed by atoms with Gasteiger partial charge in [-0.05, 0) is 24.5 Å². The highest BCUT2D eigenvalue weighted by molar-refractivity contribution is 7.89. The molecule has 0 amide bonds. The van der Waals surface area contributed by atoms with Crippen molar-refractivity contribution in [3.63, 3.8) is 0 Å². The SMILES string of the molecule is COc1ccc(S(=O)(=O)N2CC(C)CC(C(=O)O)C2)c2ccccc12. The second-order valence-corrected chi connectivity index (χ2v) is 8.42. The first-order valence-corrected chi connectivity index (χ1v) is 9.57. The molecule has 0 spiro atoms. The second kappa shape index (κ2) is 6.65. The Labute approximate surface area is 147 Å². The Kier molecular flexibility index (Phi) is 4.71. The molecule has 6 nitrogen and oxygen atoms in total. The summed E-state index contributed by atoms with van der Waals surface area (Å²) in [6, 6.07) is 10.3. The van der Waals surface area contributed by atoms with Crippen molar-refractivity contribution in [1.29, 1.82) is 0 Å². The Morgan fingerprint density at radius 3 is 2.48 bits per heavy atom. The van der Waals surface area contributed by atoms with Crippen LogP contribution in [0, 0.1) is 11.8 Å². The average Bonchev–Trinajstić information content (AvgIpc) is 2.60. The van der Waals surface area contributed by atoms with Crippen molar-refractivity contribution in [3.05, 3.63) is 36.4 Å². The Balaban J connectivity index is 2.09. The normalized spacial score (nSPS) is 22.0. The third-order valence-corrected chi connectivity index (χ3v) is 6.55. The van der Waals surface area contributed by atoms with E-state index in [-0.39, 0.29) is 17.4 Å². The van der Waals surface area contributed by atoms with E-state index in [9.17, 15) is 18.3 Å². The number of rotatable bonds is 4. The molecule has 7 heteroatoms. The molecule has 2 atom stereocenters. The summed E-state index contributed by atoms with van der Waals surface area (Å²) >= 11 is 0. The number of carboxylic acid groups (broad SMARTS) is 1. The molecule has 0 saturated carbocycles. The van der Waals surface area contributed by atoms with Crippen LogP contribution >= 0.6 is 0 Å². The molecular formula is C18H21NO5S. The number of carboxylic acids is 1. The number of hydrogen-bond acceptors (Lipinski definition) is 4. The molecule has 1 saturated heterocycles. The zero-order valence-corrected chi connectivity index (χ0v) is 15.0. The largest absolute Gasteiger partial charge is 0.496 e. The molecule has 2 aromatic carbocycles. The highest BCUT2D eigenvalue weighted by Crippen LogP contribution is 2.34. The molecule has 1 N–H and O–H groups in total. The van der Waals surface area contributed by atoms with Crippen molar-refractivity contribution in [3.8, 4) is 5.75 Å². The number of piperidine rings is 1. The van der Waals surface area contributed by atoms with Gasteiger partial charge in [-0.3, -0.25) is 4.79 Å². The zero-order chi connectivity index (χ0) is 18.2. The molecule has 3 rings (SSSR count). The van der Waals surface area contributed by atoms with Crippen LogP contribution < -0.4 is 4.74 Å². The lowest BCUT2D eigenvalue weighted by Crippen LogP contribution is -2.45. The van der Waals surface area contributed by atoms with Crippen LogP contribution in [0.2, 0.25) is 0 Å². The molecule has 134 valence electrons. The van der Waals surface area contributed by atoms with E-state index in [2.05, 4.69) is 0 Å². The van der Waals surface area contributed by atoms with Crippen LogP contribution in [-0.4, -0.2) is 44.0 Å². The van der Waals surface area contributed by atoms with Gasteiger partial charge in [0.05, 0.1) is 17.9 Å². The van der Waals surface area contributed by atoms with E-state index < -0.39 is 21.9 Å². The van der Waals surface area contributed by atoms with Gasteiger partial charge in [-0.25, -0.2) is 8.42 Å². The zero-order valence-electron chi connectivity index (χ0n) is 14.2. The van der Waals surface area contributed by atoms with Gasteiger partial charge < -0.3 is 9.84 Å². The Morgan fingerprint density at radius 2 is 1.84 bits per heavy atom. The van der Waals surface area contributed by atoms with Gasteiger partial charge in [0.1, 0.15) is 5.75 Å². The highest BCUT2D eigenvalue weighted by Gasteiger charge is 2.36. The van der Waals surface area contributed by atoms with Gasteiger partial charge in [0.15, 0.2) is 0 Å². The van der Waals surface area contributed by atoms with Crippen molar-refractivity contribution >= 4 is 26.8 Å². The van der Waals surface area contributed by atoms with Gasteiger partial charge in [0, 0.05) is 23.9 Å². The maximum atomic E-state index is 13.2. The molecule has 0 radical (unpaired) electrons. The minimum Gasteiger partial charge on any atom is -0.496 e. The minimum atomic E-state index is -3.80. The van der Waals surface area contributed by atoms with Crippen molar-refractivity contribution < 1.29 is 23.1 Å². The van der Waals surface area contributed by atoms with Crippen molar-refractivity contribution in [1.82, 2.24) is 4.31 Å². The lowest BCUT2D eigenvalue weighted by molar-refractivity contribution is -0.143. The van der Waals surface area contributed by atoms with E-state index in [1.807, 2.05) is 19.1 Å². The molecular weight excluding hydrogens is 342 g/mol. The molecule has 25 heavy (non-hydrogen) atoms. The average molecular weight is 363 g/mol. The number of carbonyl (C=O) groups is 1. The van der Waals surface area contributed by atoms with E-state index in [4.69, 9.17) is 4.74 Å². The molecule has 2 aromatic rings. The summed E-state index contributed by atoms with van der Waals surface area (Å²) in [7, 11) is -2.26. The number of methoxy groups -OCH3 is 1. The molecule has 0 aliphatic carbocycles. The summed E-state index contributed by atoms with van der Waals surface area (Å²) in [5.74, 6) is -1.03. The first kappa shape index (κ1) is 17.7. The van der Waals surface area contributed by atoms with Crippen LogP contribution in [-0.2, 0) is 14.8 Å². The summed E-state index contributed by atoms with van der Waals surface area (Å²) < 4.78 is 33.0. The van der Waals surface area contributed by atoms with Crippen LogP contribution in [0.3, 0.4) is 0 Å². The fourth-order valence-corrected chi connectivity index (χ4v) is 5.26. The topological polar surface area (TPSA) is 83.9 Å². The molecule has 1 heterocycles. The third-order valence-electron chi connectivity index (χ3n) is 4.66. The first-order chi connectivity index (χ1) is 11.8. The summed E-state index contributed by atoms with van der Waals surface area (Å²) in [4.78, 5) is 11.5. The summed E-state index contributed by atoms with van der Waals surface area (Å²) in [5.41, 5.74) is 0. The van der Waals surface area contributed by atoms with E-state index in [0.29, 0.717) is 29.5 Å². The number of benzene rings is 2. The lowest BCUT2D eigenvalue weighted by atomic mass is 9.92. The standard InChI is InChI=1S/C18H21NO5S/c1-12-9-13(18(20)21)11-19(10-12)25(22,23)17-8-7-16(24-2)14-5-3-4-6-15(14)17/h3-8,12-13H,9-11H2,1-2H3,(H,20,21). The van der Waals surface area contributed by atoms with Crippen LogP contribution in [0.1, 0.15) is 13.3 Å². The molecule has 0 aromatic heterocycles. The Bertz CT molecular complexity index is 909. The van der Waals surface area contributed by atoms with Gasteiger partial charge in [-0.15, -0.1) is 0 Å². The van der Waals surface area contributed by atoms with E-state index in [0.717, 1.165) is 0 Å². The number of fused-ring (bicyclic) bond motifs is 1. The summed E-state index contributed by atoms with van der Waals surface area (Å²) in [5, 5.41) is 10.6.